The highest BCUT2D eigenvalue weighted by Gasteiger charge is 2.09. The Morgan fingerprint density at radius 3 is 2.64 bits per heavy atom. The quantitative estimate of drug-likeness (QED) is 0.649. The molecule has 6 nitrogen and oxygen atoms in total. The molecule has 0 atom stereocenters. The number of rotatable bonds is 5. The van der Waals surface area contributed by atoms with Gasteiger partial charge in [-0.1, -0.05) is 25.4 Å². The minimum atomic E-state index is -0.343. The van der Waals surface area contributed by atoms with Gasteiger partial charge in [0, 0.05) is 5.69 Å². The summed E-state index contributed by atoms with van der Waals surface area (Å²) < 4.78 is 5.17. The van der Waals surface area contributed by atoms with Gasteiger partial charge in [0.1, 0.15) is 12.0 Å². The van der Waals surface area contributed by atoms with Crippen molar-refractivity contribution in [3.8, 4) is 0 Å². The number of nitrogens with two attached hydrogens (primary N) is 1. The fourth-order valence-electron chi connectivity index (χ4n) is 1.63. The van der Waals surface area contributed by atoms with Gasteiger partial charge < -0.3 is 15.8 Å². The number of hydrogen-bond acceptors (Lipinski definition) is 6. The molecule has 2 aromatic rings. The summed E-state index contributed by atoms with van der Waals surface area (Å²) in [6.45, 7) is 4.36. The lowest BCUT2D eigenvalue weighted by molar-refractivity contribution is 0.0459. The van der Waals surface area contributed by atoms with E-state index in [0.717, 1.165) is 5.69 Å². The van der Waals surface area contributed by atoms with Crippen LogP contribution in [0.25, 0.3) is 0 Å². The molecule has 2 rings (SSSR count). The SMILES string of the molecule is CC(C)COC(=O)c1ccc(Nc2ncnc(Cl)c2N)cc1. The highest BCUT2D eigenvalue weighted by Crippen LogP contribution is 2.25. The third-order valence-electron chi connectivity index (χ3n) is 2.77. The summed E-state index contributed by atoms with van der Waals surface area (Å²) in [6.07, 6.45) is 1.32. The van der Waals surface area contributed by atoms with Gasteiger partial charge >= 0.3 is 5.97 Å². The van der Waals surface area contributed by atoms with E-state index in [1.165, 1.54) is 6.33 Å². The van der Waals surface area contributed by atoms with Gasteiger partial charge in [-0.3, -0.25) is 0 Å². The molecule has 0 aliphatic carbocycles. The molecule has 3 N–H and O–H groups in total. The minimum absolute atomic E-state index is 0.186. The molecule has 0 aliphatic rings. The van der Waals surface area contributed by atoms with Gasteiger partial charge in [-0.05, 0) is 30.2 Å². The van der Waals surface area contributed by atoms with Gasteiger partial charge in [0.25, 0.3) is 0 Å². The van der Waals surface area contributed by atoms with Gasteiger partial charge in [-0.2, -0.15) is 0 Å². The molecule has 7 heteroatoms. The maximum Gasteiger partial charge on any atom is 0.338 e. The van der Waals surface area contributed by atoms with E-state index in [2.05, 4.69) is 15.3 Å². The van der Waals surface area contributed by atoms with Crippen molar-refractivity contribution in [1.82, 2.24) is 9.97 Å². The van der Waals surface area contributed by atoms with Crippen molar-refractivity contribution in [3.05, 3.63) is 41.3 Å². The van der Waals surface area contributed by atoms with E-state index in [-0.39, 0.29) is 16.8 Å². The molecule has 22 heavy (non-hydrogen) atoms. The van der Waals surface area contributed by atoms with Gasteiger partial charge in [0.2, 0.25) is 0 Å². The van der Waals surface area contributed by atoms with Crippen molar-refractivity contribution in [3.63, 3.8) is 0 Å². The molecule has 0 saturated heterocycles. The summed E-state index contributed by atoms with van der Waals surface area (Å²) in [5.74, 6) is 0.371. The Balaban J connectivity index is 2.06. The van der Waals surface area contributed by atoms with Crippen molar-refractivity contribution in [2.75, 3.05) is 17.7 Å². The molecule has 0 radical (unpaired) electrons. The summed E-state index contributed by atoms with van der Waals surface area (Å²) in [4.78, 5) is 19.6. The fraction of sp³-hybridized carbons (Fsp3) is 0.267. The van der Waals surface area contributed by atoms with Gasteiger partial charge in [-0.25, -0.2) is 14.8 Å². The zero-order valence-electron chi connectivity index (χ0n) is 12.3. The number of esters is 1. The molecule has 116 valence electrons. The monoisotopic (exact) mass is 320 g/mol. The average Bonchev–Trinajstić information content (AvgIpc) is 2.50. The van der Waals surface area contributed by atoms with E-state index in [9.17, 15) is 4.79 Å². The number of aromatic nitrogens is 2. The van der Waals surface area contributed by atoms with Crippen LogP contribution in [0.3, 0.4) is 0 Å². The summed E-state index contributed by atoms with van der Waals surface area (Å²) >= 11 is 5.83. The molecule has 1 heterocycles. The zero-order chi connectivity index (χ0) is 16.1. The Kier molecular flexibility index (Phi) is 5.16. The van der Waals surface area contributed by atoms with Crippen LogP contribution >= 0.6 is 11.6 Å². The normalized spacial score (nSPS) is 10.5. The molecule has 1 aromatic carbocycles. The van der Waals surface area contributed by atoms with Crippen LogP contribution in [0.4, 0.5) is 17.2 Å². The van der Waals surface area contributed by atoms with Gasteiger partial charge in [0.15, 0.2) is 11.0 Å². The first-order chi connectivity index (χ1) is 10.5. The summed E-state index contributed by atoms with van der Waals surface area (Å²) in [7, 11) is 0. The second-order valence-electron chi connectivity index (χ2n) is 5.12. The van der Waals surface area contributed by atoms with Crippen molar-refractivity contribution in [2.45, 2.75) is 13.8 Å². The van der Waals surface area contributed by atoms with Crippen molar-refractivity contribution in [1.29, 1.82) is 0 Å². The summed E-state index contributed by atoms with van der Waals surface area (Å²) in [5.41, 5.74) is 7.26. The standard InChI is InChI=1S/C15H17ClN4O2/c1-9(2)7-22-15(21)10-3-5-11(6-4-10)20-14-12(17)13(16)18-8-19-14/h3-6,8-9H,7,17H2,1-2H3,(H,18,19,20). The molecule has 0 fully saturated rings. The molecule has 0 aliphatic heterocycles. The van der Waals surface area contributed by atoms with Crippen LogP contribution in [-0.4, -0.2) is 22.5 Å². The van der Waals surface area contributed by atoms with E-state index in [4.69, 9.17) is 22.1 Å². The Morgan fingerprint density at radius 2 is 2.00 bits per heavy atom. The van der Waals surface area contributed by atoms with Gasteiger partial charge in [0.05, 0.1) is 12.2 Å². The van der Waals surface area contributed by atoms with Crippen LogP contribution in [0.5, 0.6) is 0 Å². The van der Waals surface area contributed by atoms with Crippen molar-refractivity contribution < 1.29 is 9.53 Å². The minimum Gasteiger partial charge on any atom is -0.462 e. The lowest BCUT2D eigenvalue weighted by Gasteiger charge is -2.10. The smallest absolute Gasteiger partial charge is 0.338 e. The zero-order valence-corrected chi connectivity index (χ0v) is 13.1. The number of halogens is 1. The van der Waals surface area contributed by atoms with Crippen molar-refractivity contribution in [2.24, 2.45) is 5.92 Å². The van der Waals surface area contributed by atoms with E-state index in [1.807, 2.05) is 13.8 Å². The van der Waals surface area contributed by atoms with E-state index >= 15 is 0 Å². The number of nitrogen functional groups attached to an aromatic ring is 1. The van der Waals surface area contributed by atoms with E-state index in [1.54, 1.807) is 24.3 Å². The Labute approximate surface area is 133 Å². The molecular weight excluding hydrogens is 304 g/mol. The third kappa shape index (κ3) is 4.08. The van der Waals surface area contributed by atoms with Gasteiger partial charge in [-0.15, -0.1) is 0 Å². The van der Waals surface area contributed by atoms with E-state index in [0.29, 0.717) is 23.9 Å². The van der Waals surface area contributed by atoms with Crippen LogP contribution in [0.2, 0.25) is 5.15 Å². The largest absolute Gasteiger partial charge is 0.462 e. The first-order valence-electron chi connectivity index (χ1n) is 6.77. The number of hydrogen-bond donors (Lipinski definition) is 2. The molecule has 1 aromatic heterocycles. The predicted molar refractivity (Wildman–Crippen MR) is 86.3 cm³/mol. The lowest BCUT2D eigenvalue weighted by atomic mass is 10.2. The van der Waals surface area contributed by atoms with Crippen LogP contribution in [0.1, 0.15) is 24.2 Å². The Morgan fingerprint density at radius 1 is 1.32 bits per heavy atom. The maximum atomic E-state index is 11.8. The van der Waals surface area contributed by atoms with E-state index < -0.39 is 0 Å². The third-order valence-corrected chi connectivity index (χ3v) is 3.07. The van der Waals surface area contributed by atoms with Crippen molar-refractivity contribution >= 4 is 34.8 Å². The number of anilines is 3. The first kappa shape index (κ1) is 16.0. The first-order valence-corrected chi connectivity index (χ1v) is 7.15. The number of ether oxygens (including phenoxy) is 1. The molecule has 0 saturated carbocycles. The molecular formula is C15H17ClN4O2. The summed E-state index contributed by atoms with van der Waals surface area (Å²) in [6, 6.07) is 6.82. The van der Waals surface area contributed by atoms with Crippen LogP contribution in [-0.2, 0) is 4.74 Å². The predicted octanol–water partition coefficient (Wildman–Crippen LogP) is 3.27. The number of nitrogens with one attached hydrogen (secondary N) is 1. The van der Waals surface area contributed by atoms with Crippen LogP contribution < -0.4 is 11.1 Å². The fourth-order valence-corrected chi connectivity index (χ4v) is 1.76. The highest BCUT2D eigenvalue weighted by atomic mass is 35.5. The molecule has 0 amide bonds. The average molecular weight is 321 g/mol. The molecule has 0 bridgehead atoms. The molecule has 0 unspecified atom stereocenters. The highest BCUT2D eigenvalue weighted by molar-refractivity contribution is 6.32. The number of carbonyl (C=O) groups is 1. The molecule has 0 spiro atoms. The summed E-state index contributed by atoms with van der Waals surface area (Å²) in [5, 5.41) is 3.20. The number of benzene rings is 1. The topological polar surface area (TPSA) is 90.1 Å². The second kappa shape index (κ2) is 7.09. The number of nitrogens with zero attached hydrogens (tertiary/aromatic N) is 2. The van der Waals surface area contributed by atoms with Crippen LogP contribution in [0, 0.1) is 5.92 Å². The Bertz CT molecular complexity index is 659. The second-order valence-corrected chi connectivity index (χ2v) is 5.48. The number of carbonyl (C=O) groups excluding carboxylic acids is 1. The van der Waals surface area contributed by atoms with Crippen LogP contribution in [0.15, 0.2) is 30.6 Å². The lowest BCUT2D eigenvalue weighted by Crippen LogP contribution is -2.10. The maximum absolute atomic E-state index is 11.8. The Hall–Kier alpha value is -2.34.